The lowest BCUT2D eigenvalue weighted by Gasteiger charge is -2.19. The number of aliphatic hydroxyl groups is 2. The minimum Gasteiger partial charge on any atom is -0.394 e. The minimum atomic E-state index is -0.861. The van der Waals surface area contributed by atoms with E-state index in [1.807, 2.05) is 6.08 Å². The van der Waals surface area contributed by atoms with Gasteiger partial charge >= 0.3 is 0 Å². The van der Waals surface area contributed by atoms with Crippen LogP contribution in [0.5, 0.6) is 0 Å². The van der Waals surface area contributed by atoms with Gasteiger partial charge in [0, 0.05) is 6.42 Å². The minimum absolute atomic E-state index is 0.0638. The summed E-state index contributed by atoms with van der Waals surface area (Å²) in [7, 11) is 0. The summed E-state index contributed by atoms with van der Waals surface area (Å²) in [5.74, 6) is -0.0638. The number of nitrogens with one attached hydrogen (secondary N) is 1. The normalized spacial score (nSPS) is 12.7. The number of hydrogen-bond donors (Lipinski definition) is 3. The molecule has 0 aliphatic rings. The van der Waals surface area contributed by atoms with Crippen molar-refractivity contribution in [2.24, 2.45) is 0 Å². The third-order valence-electron chi connectivity index (χ3n) is 17.2. The molecule has 0 heterocycles. The van der Waals surface area contributed by atoms with Crippen LogP contribution >= 0.6 is 0 Å². The molecule has 0 fully saturated rings. The Morgan fingerprint density at radius 1 is 0.299 bits per heavy atom. The van der Waals surface area contributed by atoms with E-state index in [1.54, 1.807) is 6.08 Å². The van der Waals surface area contributed by atoms with Gasteiger partial charge in [-0.2, -0.15) is 0 Å². The monoisotopic (exact) mass is 1080 g/mol. The van der Waals surface area contributed by atoms with Crippen LogP contribution in [0.1, 0.15) is 418 Å². The molecule has 0 saturated heterocycles. The van der Waals surface area contributed by atoms with Crippen LogP contribution in [-0.4, -0.2) is 34.9 Å². The molecule has 0 spiro atoms. The summed E-state index contributed by atoms with van der Waals surface area (Å²) >= 11 is 0. The average Bonchev–Trinajstić information content (AvgIpc) is 3.43. The second-order valence-electron chi connectivity index (χ2n) is 25.0. The maximum atomic E-state index is 12.5. The SMILES string of the molecule is CCCCCCCCCCCCCCCCCCCCCCCC/C=C/CC/C=C/C(O)C(CO)NC(=O)CCCCCCCCCCCCCCCCCCCCCCCCCCCCCCCCCCCCCCC. The fourth-order valence-corrected chi connectivity index (χ4v) is 11.7. The predicted molar refractivity (Wildman–Crippen MR) is 346 cm³/mol. The number of rotatable bonds is 68. The number of allylic oxidation sites excluding steroid dienone is 3. The Morgan fingerprint density at radius 2 is 0.506 bits per heavy atom. The molecule has 0 aromatic heterocycles. The van der Waals surface area contributed by atoms with Crippen LogP contribution in [0.3, 0.4) is 0 Å². The molecule has 0 bridgehead atoms. The Morgan fingerprint density at radius 3 is 0.753 bits per heavy atom. The van der Waals surface area contributed by atoms with Crippen LogP contribution in [0.2, 0.25) is 0 Å². The maximum absolute atomic E-state index is 12.5. The van der Waals surface area contributed by atoms with Crippen molar-refractivity contribution in [1.82, 2.24) is 5.32 Å². The van der Waals surface area contributed by atoms with Gasteiger partial charge in [0.25, 0.3) is 0 Å². The summed E-state index contributed by atoms with van der Waals surface area (Å²) < 4.78 is 0. The quantitative estimate of drug-likeness (QED) is 0.0420. The zero-order valence-corrected chi connectivity index (χ0v) is 53.0. The van der Waals surface area contributed by atoms with Gasteiger partial charge in [-0.15, -0.1) is 0 Å². The molecule has 0 aliphatic carbocycles. The molecule has 0 aromatic carbocycles. The zero-order chi connectivity index (χ0) is 55.5. The largest absolute Gasteiger partial charge is 0.394 e. The Hall–Kier alpha value is -1.13. The summed E-state index contributed by atoms with van der Waals surface area (Å²) in [6.45, 7) is 4.35. The van der Waals surface area contributed by atoms with Crippen LogP contribution < -0.4 is 5.32 Å². The van der Waals surface area contributed by atoms with E-state index in [0.717, 1.165) is 32.1 Å². The Bertz CT molecular complexity index is 1140. The van der Waals surface area contributed by atoms with E-state index >= 15 is 0 Å². The second-order valence-corrected chi connectivity index (χ2v) is 25.0. The fourth-order valence-electron chi connectivity index (χ4n) is 11.7. The molecule has 77 heavy (non-hydrogen) atoms. The molecule has 0 aliphatic heterocycles. The highest BCUT2D eigenvalue weighted by molar-refractivity contribution is 5.76. The van der Waals surface area contributed by atoms with E-state index < -0.39 is 12.1 Å². The first-order valence-corrected chi connectivity index (χ1v) is 36.1. The summed E-state index contributed by atoms with van der Waals surface area (Å²) in [5, 5.41) is 23.3. The highest BCUT2D eigenvalue weighted by Crippen LogP contribution is 2.20. The number of carbonyl (C=O) groups excluding carboxylic acids is 1. The number of amides is 1. The first-order chi connectivity index (χ1) is 38.2. The van der Waals surface area contributed by atoms with Gasteiger partial charge in [0.2, 0.25) is 5.91 Å². The van der Waals surface area contributed by atoms with E-state index in [1.165, 1.54) is 366 Å². The Kier molecular flexibility index (Phi) is 68.1. The molecule has 2 unspecified atom stereocenters. The van der Waals surface area contributed by atoms with Gasteiger partial charge in [0.15, 0.2) is 0 Å². The molecule has 0 radical (unpaired) electrons. The molecular formula is C73H143NO3. The summed E-state index contributed by atoms with van der Waals surface area (Å²) in [6.07, 6.45) is 94.4. The van der Waals surface area contributed by atoms with Crippen molar-refractivity contribution in [2.75, 3.05) is 6.61 Å². The molecule has 4 heteroatoms. The van der Waals surface area contributed by atoms with Gasteiger partial charge in [-0.05, 0) is 32.1 Å². The van der Waals surface area contributed by atoms with Crippen molar-refractivity contribution < 1.29 is 15.0 Å². The molecule has 0 saturated carbocycles. The highest BCUT2D eigenvalue weighted by atomic mass is 16.3. The van der Waals surface area contributed by atoms with Gasteiger partial charge in [0.05, 0.1) is 18.8 Å². The van der Waals surface area contributed by atoms with E-state index in [-0.39, 0.29) is 12.5 Å². The Labute approximate surface area is 485 Å². The summed E-state index contributed by atoms with van der Waals surface area (Å²) in [4.78, 5) is 12.5. The lowest BCUT2D eigenvalue weighted by atomic mass is 10.0. The smallest absolute Gasteiger partial charge is 0.220 e. The first kappa shape index (κ1) is 75.9. The molecule has 458 valence electrons. The van der Waals surface area contributed by atoms with Crippen molar-refractivity contribution >= 4 is 5.91 Å². The molecule has 0 aromatic rings. The highest BCUT2D eigenvalue weighted by Gasteiger charge is 2.18. The molecule has 4 nitrogen and oxygen atoms in total. The number of hydrogen-bond acceptors (Lipinski definition) is 3. The predicted octanol–water partition coefficient (Wildman–Crippen LogP) is 24.6. The van der Waals surface area contributed by atoms with Crippen LogP contribution in [0, 0.1) is 0 Å². The summed E-state index contributed by atoms with van der Waals surface area (Å²) in [6, 6.07) is -0.638. The number of unbranched alkanes of at least 4 members (excludes halogenated alkanes) is 59. The average molecular weight is 1080 g/mol. The Balaban J connectivity index is 3.41. The first-order valence-electron chi connectivity index (χ1n) is 36.1. The zero-order valence-electron chi connectivity index (χ0n) is 53.0. The molecular weight excluding hydrogens is 939 g/mol. The van der Waals surface area contributed by atoms with Crippen molar-refractivity contribution in [3.05, 3.63) is 24.3 Å². The van der Waals surface area contributed by atoms with Crippen molar-refractivity contribution in [3.63, 3.8) is 0 Å². The van der Waals surface area contributed by atoms with Crippen LogP contribution in [0.4, 0.5) is 0 Å². The van der Waals surface area contributed by atoms with Gasteiger partial charge in [-0.3, -0.25) is 4.79 Å². The van der Waals surface area contributed by atoms with Gasteiger partial charge in [0.1, 0.15) is 0 Å². The van der Waals surface area contributed by atoms with Crippen molar-refractivity contribution in [1.29, 1.82) is 0 Å². The van der Waals surface area contributed by atoms with E-state index in [4.69, 9.17) is 0 Å². The van der Waals surface area contributed by atoms with Crippen LogP contribution in [-0.2, 0) is 4.79 Å². The standard InChI is InChI=1S/C73H143NO3/c1-3-5-7-9-11-13-15-17-19-21-23-25-27-29-31-33-34-35-36-37-38-39-40-41-43-45-47-49-51-53-55-57-59-61-63-65-67-69-73(77)74-71(70-75)72(76)68-66-64-62-60-58-56-54-52-50-48-46-44-42-32-30-28-26-24-22-20-18-16-14-12-10-8-6-4-2/h58,60,66,68,71-72,75-76H,3-57,59,61-65,67,69-70H2,1-2H3,(H,74,77)/b60-58+,68-66+. The molecule has 1 amide bonds. The lowest BCUT2D eigenvalue weighted by molar-refractivity contribution is -0.123. The fraction of sp³-hybridized carbons (Fsp3) is 0.932. The van der Waals surface area contributed by atoms with Crippen LogP contribution in [0.25, 0.3) is 0 Å². The van der Waals surface area contributed by atoms with Gasteiger partial charge in [-0.25, -0.2) is 0 Å². The molecule has 3 N–H and O–H groups in total. The molecule has 2 atom stereocenters. The number of carbonyl (C=O) groups is 1. The molecule has 0 rings (SSSR count). The van der Waals surface area contributed by atoms with Crippen LogP contribution in [0.15, 0.2) is 24.3 Å². The lowest BCUT2D eigenvalue weighted by Crippen LogP contribution is -2.45. The second kappa shape index (κ2) is 69.1. The van der Waals surface area contributed by atoms with E-state index in [0.29, 0.717) is 6.42 Å². The van der Waals surface area contributed by atoms with Gasteiger partial charge in [-0.1, -0.05) is 404 Å². The third-order valence-corrected chi connectivity index (χ3v) is 17.2. The van der Waals surface area contributed by atoms with E-state index in [2.05, 4.69) is 31.3 Å². The summed E-state index contributed by atoms with van der Waals surface area (Å²) in [5.41, 5.74) is 0. The third kappa shape index (κ3) is 65.6. The maximum Gasteiger partial charge on any atom is 0.220 e. The topological polar surface area (TPSA) is 69.6 Å². The van der Waals surface area contributed by atoms with Crippen molar-refractivity contribution in [3.8, 4) is 0 Å². The number of aliphatic hydroxyl groups excluding tert-OH is 2. The van der Waals surface area contributed by atoms with E-state index in [9.17, 15) is 15.0 Å². The van der Waals surface area contributed by atoms with Gasteiger partial charge < -0.3 is 15.5 Å². The van der Waals surface area contributed by atoms with Crippen molar-refractivity contribution in [2.45, 2.75) is 431 Å².